The first-order chi connectivity index (χ1) is 5.92. The van der Waals surface area contributed by atoms with Crippen molar-refractivity contribution in [1.29, 1.82) is 0 Å². The van der Waals surface area contributed by atoms with Gasteiger partial charge in [-0.15, -0.1) is 10.2 Å². The molecule has 1 atom stereocenters. The Hall–Kier alpha value is -0.900. The molecule has 0 aliphatic carbocycles. The van der Waals surface area contributed by atoms with E-state index in [2.05, 4.69) is 17.1 Å². The summed E-state index contributed by atoms with van der Waals surface area (Å²) in [5, 5.41) is 7.93. The minimum atomic E-state index is 0.187. The lowest BCUT2D eigenvalue weighted by molar-refractivity contribution is 0.102. The topological polar surface area (TPSA) is 39.9 Å². The van der Waals surface area contributed by atoms with Crippen LogP contribution in [0.1, 0.15) is 31.7 Å². The molecule has 0 spiro atoms. The lowest BCUT2D eigenvalue weighted by Gasteiger charge is -2.08. The average Bonchev–Trinajstić information content (AvgIpc) is 2.74. The quantitative estimate of drug-likeness (QED) is 0.663. The minimum Gasteiger partial charge on any atom is -0.370 e. The van der Waals surface area contributed by atoms with Gasteiger partial charge in [0.15, 0.2) is 5.82 Å². The molecule has 2 rings (SSSR count). The Morgan fingerprint density at radius 3 is 3.33 bits per heavy atom. The van der Waals surface area contributed by atoms with Crippen molar-refractivity contribution >= 4 is 0 Å². The number of aryl methyl sites for hydroxylation is 1. The van der Waals surface area contributed by atoms with Gasteiger partial charge in [0.05, 0.1) is 0 Å². The molecule has 1 aliphatic rings. The molecule has 0 amide bonds. The van der Waals surface area contributed by atoms with E-state index in [1.165, 1.54) is 0 Å². The molecular weight excluding hydrogens is 154 g/mol. The molecule has 4 heteroatoms. The smallest absolute Gasteiger partial charge is 0.162 e. The number of nitrogens with zero attached hydrogens (tertiary/aromatic N) is 3. The lowest BCUT2D eigenvalue weighted by atomic mass is 10.2. The highest BCUT2D eigenvalue weighted by molar-refractivity contribution is 4.93. The summed E-state index contributed by atoms with van der Waals surface area (Å²) >= 11 is 0. The van der Waals surface area contributed by atoms with Crippen LogP contribution >= 0.6 is 0 Å². The summed E-state index contributed by atoms with van der Waals surface area (Å²) in [7, 11) is 0. The van der Waals surface area contributed by atoms with Gasteiger partial charge in [-0.05, 0) is 19.8 Å². The van der Waals surface area contributed by atoms with E-state index >= 15 is 0 Å². The summed E-state index contributed by atoms with van der Waals surface area (Å²) < 4.78 is 7.55. The first kappa shape index (κ1) is 7.73. The molecule has 2 heterocycles. The van der Waals surface area contributed by atoms with Crippen LogP contribution in [0.2, 0.25) is 0 Å². The minimum absolute atomic E-state index is 0.187. The molecule has 0 N–H and O–H groups in total. The molecule has 12 heavy (non-hydrogen) atoms. The third-order valence-electron chi connectivity index (χ3n) is 2.20. The third-order valence-corrected chi connectivity index (χ3v) is 2.20. The standard InChI is InChI=1S/C8H13N3O/c1-2-11-6-9-10-8(11)7-4-3-5-12-7/h6-7H,2-5H2,1H3. The van der Waals surface area contributed by atoms with E-state index in [1.807, 2.05) is 4.57 Å². The van der Waals surface area contributed by atoms with Crippen LogP contribution in [0.15, 0.2) is 6.33 Å². The number of rotatable bonds is 2. The van der Waals surface area contributed by atoms with Gasteiger partial charge in [-0.1, -0.05) is 0 Å². The van der Waals surface area contributed by atoms with Crippen LogP contribution in [-0.2, 0) is 11.3 Å². The fourth-order valence-electron chi connectivity index (χ4n) is 1.54. The highest BCUT2D eigenvalue weighted by Crippen LogP contribution is 2.26. The summed E-state index contributed by atoms with van der Waals surface area (Å²) in [6, 6.07) is 0. The Balaban J connectivity index is 2.19. The zero-order chi connectivity index (χ0) is 8.39. The molecule has 4 nitrogen and oxygen atoms in total. The van der Waals surface area contributed by atoms with Gasteiger partial charge in [0, 0.05) is 13.2 Å². The zero-order valence-corrected chi connectivity index (χ0v) is 7.23. The number of hydrogen-bond acceptors (Lipinski definition) is 3. The van der Waals surface area contributed by atoms with Crippen molar-refractivity contribution in [2.45, 2.75) is 32.4 Å². The van der Waals surface area contributed by atoms with Crippen LogP contribution in [0.5, 0.6) is 0 Å². The van der Waals surface area contributed by atoms with Crippen LogP contribution in [0.3, 0.4) is 0 Å². The molecule has 0 aromatic carbocycles. The highest BCUT2D eigenvalue weighted by Gasteiger charge is 2.22. The molecule has 0 saturated carbocycles. The van der Waals surface area contributed by atoms with Crippen molar-refractivity contribution in [2.24, 2.45) is 0 Å². The second kappa shape index (κ2) is 3.23. The normalized spacial score (nSPS) is 23.2. The van der Waals surface area contributed by atoms with Crippen molar-refractivity contribution in [1.82, 2.24) is 14.8 Å². The highest BCUT2D eigenvalue weighted by atomic mass is 16.5. The molecule has 1 aliphatic heterocycles. The summed E-state index contributed by atoms with van der Waals surface area (Å²) in [5.74, 6) is 0.981. The fraction of sp³-hybridized carbons (Fsp3) is 0.750. The largest absolute Gasteiger partial charge is 0.370 e. The van der Waals surface area contributed by atoms with Gasteiger partial charge in [-0.25, -0.2) is 0 Å². The SMILES string of the molecule is CCn1cnnc1C1CCCO1. The van der Waals surface area contributed by atoms with Crippen LogP contribution in [0, 0.1) is 0 Å². The summed E-state index contributed by atoms with van der Waals surface area (Å²) in [4.78, 5) is 0. The van der Waals surface area contributed by atoms with Crippen molar-refractivity contribution < 1.29 is 4.74 Å². The summed E-state index contributed by atoms with van der Waals surface area (Å²) in [5.41, 5.74) is 0. The Labute approximate surface area is 71.6 Å². The summed E-state index contributed by atoms with van der Waals surface area (Å²) in [6.45, 7) is 3.87. The van der Waals surface area contributed by atoms with Gasteiger partial charge in [0.25, 0.3) is 0 Å². The first-order valence-electron chi connectivity index (χ1n) is 4.41. The molecule has 0 bridgehead atoms. The molecule has 1 aromatic heterocycles. The van der Waals surface area contributed by atoms with Gasteiger partial charge in [0.1, 0.15) is 12.4 Å². The van der Waals surface area contributed by atoms with Crippen LogP contribution in [0.4, 0.5) is 0 Å². The molecule has 1 unspecified atom stereocenters. The van der Waals surface area contributed by atoms with Gasteiger partial charge >= 0.3 is 0 Å². The first-order valence-corrected chi connectivity index (χ1v) is 4.41. The maximum Gasteiger partial charge on any atom is 0.162 e. The van der Waals surface area contributed by atoms with Crippen molar-refractivity contribution in [3.8, 4) is 0 Å². The van der Waals surface area contributed by atoms with Gasteiger partial charge in [-0.3, -0.25) is 0 Å². The molecule has 66 valence electrons. The molecule has 0 radical (unpaired) electrons. The fourth-order valence-corrected chi connectivity index (χ4v) is 1.54. The van der Waals surface area contributed by atoms with Gasteiger partial charge in [0.2, 0.25) is 0 Å². The van der Waals surface area contributed by atoms with Gasteiger partial charge < -0.3 is 9.30 Å². The van der Waals surface area contributed by atoms with E-state index < -0.39 is 0 Å². The maximum atomic E-state index is 5.52. The van der Waals surface area contributed by atoms with E-state index in [0.29, 0.717) is 0 Å². The Kier molecular flexibility index (Phi) is 2.08. The van der Waals surface area contributed by atoms with Crippen molar-refractivity contribution in [3.63, 3.8) is 0 Å². The second-order valence-electron chi connectivity index (χ2n) is 2.98. The lowest BCUT2D eigenvalue weighted by Crippen LogP contribution is -2.06. The predicted molar refractivity (Wildman–Crippen MR) is 43.6 cm³/mol. The number of ether oxygens (including phenoxy) is 1. The Morgan fingerprint density at radius 1 is 1.75 bits per heavy atom. The van der Waals surface area contributed by atoms with Crippen molar-refractivity contribution in [3.05, 3.63) is 12.2 Å². The van der Waals surface area contributed by atoms with E-state index in [-0.39, 0.29) is 6.10 Å². The second-order valence-corrected chi connectivity index (χ2v) is 2.98. The number of hydrogen-bond donors (Lipinski definition) is 0. The Morgan fingerprint density at radius 2 is 2.67 bits per heavy atom. The van der Waals surface area contributed by atoms with Gasteiger partial charge in [-0.2, -0.15) is 0 Å². The van der Waals surface area contributed by atoms with E-state index in [4.69, 9.17) is 4.74 Å². The van der Waals surface area contributed by atoms with Crippen LogP contribution in [-0.4, -0.2) is 21.4 Å². The molecule has 1 saturated heterocycles. The van der Waals surface area contributed by atoms with E-state index in [9.17, 15) is 0 Å². The molecule has 1 aromatic rings. The van der Waals surface area contributed by atoms with E-state index in [1.54, 1.807) is 6.33 Å². The average molecular weight is 167 g/mol. The molecular formula is C8H13N3O. The van der Waals surface area contributed by atoms with Crippen LogP contribution in [0.25, 0.3) is 0 Å². The number of aromatic nitrogens is 3. The maximum absolute atomic E-state index is 5.52. The zero-order valence-electron chi connectivity index (χ0n) is 7.23. The Bertz CT molecular complexity index is 253. The predicted octanol–water partition coefficient (Wildman–Crippen LogP) is 1.15. The third kappa shape index (κ3) is 1.22. The monoisotopic (exact) mass is 167 g/mol. The molecule has 1 fully saturated rings. The van der Waals surface area contributed by atoms with Crippen LogP contribution < -0.4 is 0 Å². The summed E-state index contributed by atoms with van der Waals surface area (Å²) in [6.07, 6.45) is 4.17. The van der Waals surface area contributed by atoms with E-state index in [0.717, 1.165) is 31.8 Å². The van der Waals surface area contributed by atoms with Crippen molar-refractivity contribution in [2.75, 3.05) is 6.61 Å².